The van der Waals surface area contributed by atoms with Gasteiger partial charge in [0.05, 0.1) is 0 Å². The van der Waals surface area contributed by atoms with Gasteiger partial charge in [0.1, 0.15) is 12.6 Å². The van der Waals surface area contributed by atoms with E-state index in [1.165, 1.54) is 12.1 Å². The van der Waals surface area contributed by atoms with Gasteiger partial charge < -0.3 is 21.1 Å². The molecule has 0 fully saturated rings. The van der Waals surface area contributed by atoms with Gasteiger partial charge in [0, 0.05) is 17.8 Å². The van der Waals surface area contributed by atoms with Crippen LogP contribution in [-0.4, -0.2) is 12.0 Å². The number of rotatable bonds is 7. The van der Waals surface area contributed by atoms with Crippen molar-refractivity contribution in [3.05, 3.63) is 101 Å². The van der Waals surface area contributed by atoms with Crippen molar-refractivity contribution < 1.29 is 23.1 Å². The van der Waals surface area contributed by atoms with Crippen molar-refractivity contribution in [2.75, 3.05) is 5.32 Å². The summed E-state index contributed by atoms with van der Waals surface area (Å²) in [6.07, 6.45) is -0.955. The highest BCUT2D eigenvalue weighted by Gasteiger charge is 2.28. The van der Waals surface area contributed by atoms with E-state index in [1.54, 1.807) is 48.5 Å². The average molecular weight is 425 g/mol. The quantitative estimate of drug-likeness (QED) is 0.533. The molecule has 0 saturated carbocycles. The maximum Gasteiger partial charge on any atom is 0.408 e. The number of benzene rings is 3. The van der Waals surface area contributed by atoms with E-state index in [-0.39, 0.29) is 18.7 Å². The molecule has 4 N–H and O–H groups in total. The van der Waals surface area contributed by atoms with E-state index in [4.69, 9.17) is 10.5 Å². The molecule has 0 aliphatic carbocycles. The van der Waals surface area contributed by atoms with Crippen molar-refractivity contribution in [3.63, 3.8) is 0 Å². The second kappa shape index (κ2) is 10.3. The summed E-state index contributed by atoms with van der Waals surface area (Å²) in [5.41, 5.74) is 7.17. The molecule has 31 heavy (non-hydrogen) atoms. The van der Waals surface area contributed by atoms with Crippen molar-refractivity contribution in [2.24, 2.45) is 5.73 Å². The lowest BCUT2D eigenvalue weighted by atomic mass is 10.0. The number of halogens is 2. The van der Waals surface area contributed by atoms with E-state index in [0.29, 0.717) is 5.69 Å². The van der Waals surface area contributed by atoms with Crippen LogP contribution in [0.25, 0.3) is 0 Å². The first-order valence-corrected chi connectivity index (χ1v) is 9.49. The Hall–Kier alpha value is -3.78. The summed E-state index contributed by atoms with van der Waals surface area (Å²) in [7, 11) is 0. The van der Waals surface area contributed by atoms with E-state index in [9.17, 15) is 18.4 Å². The van der Waals surface area contributed by atoms with Gasteiger partial charge in [-0.05, 0) is 29.3 Å². The summed E-state index contributed by atoms with van der Waals surface area (Å²) in [4.78, 5) is 25.2. The Morgan fingerprint density at radius 1 is 0.935 bits per heavy atom. The molecule has 3 aromatic carbocycles. The molecule has 0 heterocycles. The Labute approximate surface area is 178 Å². The molecule has 0 unspecified atom stereocenters. The number of anilines is 1. The van der Waals surface area contributed by atoms with Crippen LogP contribution in [-0.2, 0) is 22.7 Å². The standard InChI is InChI=1S/C23H21F2N3O3/c24-19-11-5-10-18(20(19)25)21(22(29)27-17-9-4-8-16(12-17)13-26)28-23(30)31-14-15-6-2-1-3-7-15/h1-12,21H,13-14,26H2,(H,27,29)(H,28,30)/t21-/m0/s1. The maximum absolute atomic E-state index is 14.4. The fourth-order valence-corrected chi connectivity index (χ4v) is 2.90. The van der Waals surface area contributed by atoms with Crippen LogP contribution in [0.4, 0.5) is 19.3 Å². The summed E-state index contributed by atoms with van der Waals surface area (Å²) in [6.45, 7) is 0.209. The average Bonchev–Trinajstić information content (AvgIpc) is 2.79. The fraction of sp³-hybridized carbons (Fsp3) is 0.130. The minimum atomic E-state index is -1.53. The van der Waals surface area contributed by atoms with Gasteiger partial charge in [-0.25, -0.2) is 13.6 Å². The van der Waals surface area contributed by atoms with Crippen molar-refractivity contribution in [2.45, 2.75) is 19.2 Å². The van der Waals surface area contributed by atoms with Crippen LogP contribution in [0.3, 0.4) is 0 Å². The van der Waals surface area contributed by atoms with Gasteiger partial charge in [0.15, 0.2) is 11.6 Å². The van der Waals surface area contributed by atoms with Gasteiger partial charge in [-0.15, -0.1) is 0 Å². The molecule has 6 nitrogen and oxygen atoms in total. The highest BCUT2D eigenvalue weighted by atomic mass is 19.2. The van der Waals surface area contributed by atoms with Crippen LogP contribution in [0.15, 0.2) is 72.8 Å². The first-order valence-electron chi connectivity index (χ1n) is 9.49. The molecule has 0 aliphatic heterocycles. The number of amides is 2. The predicted molar refractivity (Wildman–Crippen MR) is 112 cm³/mol. The van der Waals surface area contributed by atoms with E-state index >= 15 is 0 Å². The Balaban J connectivity index is 1.79. The van der Waals surface area contributed by atoms with E-state index < -0.39 is 29.7 Å². The van der Waals surface area contributed by atoms with Crippen LogP contribution in [0.2, 0.25) is 0 Å². The molecule has 0 bridgehead atoms. The van der Waals surface area contributed by atoms with Crippen LogP contribution < -0.4 is 16.4 Å². The number of nitrogens with two attached hydrogens (primary N) is 1. The third-order valence-electron chi connectivity index (χ3n) is 4.46. The third kappa shape index (κ3) is 5.86. The smallest absolute Gasteiger partial charge is 0.408 e. The first kappa shape index (κ1) is 21.9. The lowest BCUT2D eigenvalue weighted by Gasteiger charge is -2.20. The van der Waals surface area contributed by atoms with Crippen LogP contribution in [0, 0.1) is 11.6 Å². The topological polar surface area (TPSA) is 93.5 Å². The number of hydrogen-bond acceptors (Lipinski definition) is 4. The lowest BCUT2D eigenvalue weighted by Crippen LogP contribution is -2.38. The fourth-order valence-electron chi connectivity index (χ4n) is 2.90. The molecule has 0 saturated heterocycles. The minimum Gasteiger partial charge on any atom is -0.445 e. The predicted octanol–water partition coefficient (Wildman–Crippen LogP) is 4.03. The monoisotopic (exact) mass is 425 g/mol. The van der Waals surface area contributed by atoms with E-state index in [0.717, 1.165) is 17.2 Å². The van der Waals surface area contributed by atoms with Crippen molar-refractivity contribution in [1.82, 2.24) is 5.32 Å². The Kier molecular flexibility index (Phi) is 7.29. The highest BCUT2D eigenvalue weighted by molar-refractivity contribution is 5.97. The normalized spacial score (nSPS) is 11.5. The molecule has 0 radical (unpaired) electrons. The molecular formula is C23H21F2N3O3. The van der Waals surface area contributed by atoms with Crippen LogP contribution in [0.1, 0.15) is 22.7 Å². The van der Waals surface area contributed by atoms with Gasteiger partial charge in [0.2, 0.25) is 0 Å². The van der Waals surface area contributed by atoms with Crippen molar-refractivity contribution in [3.8, 4) is 0 Å². The van der Waals surface area contributed by atoms with Gasteiger partial charge in [-0.1, -0.05) is 54.6 Å². The van der Waals surface area contributed by atoms with Crippen molar-refractivity contribution in [1.29, 1.82) is 0 Å². The molecule has 160 valence electrons. The Bertz CT molecular complexity index is 1060. The Morgan fingerprint density at radius 2 is 1.65 bits per heavy atom. The van der Waals surface area contributed by atoms with E-state index in [1.807, 2.05) is 6.07 Å². The largest absolute Gasteiger partial charge is 0.445 e. The summed E-state index contributed by atoms with van der Waals surface area (Å²) >= 11 is 0. The lowest BCUT2D eigenvalue weighted by molar-refractivity contribution is -0.118. The summed E-state index contributed by atoms with van der Waals surface area (Å²) in [6, 6.07) is 17.5. The second-order valence-corrected chi connectivity index (χ2v) is 6.68. The van der Waals surface area contributed by atoms with Gasteiger partial charge in [0.25, 0.3) is 5.91 Å². The van der Waals surface area contributed by atoms with Gasteiger partial charge >= 0.3 is 6.09 Å². The number of hydrogen-bond donors (Lipinski definition) is 3. The number of alkyl carbamates (subject to hydrolysis) is 1. The zero-order chi connectivity index (χ0) is 22.2. The van der Waals surface area contributed by atoms with Crippen LogP contribution >= 0.6 is 0 Å². The summed E-state index contributed by atoms with van der Waals surface area (Å²) in [5, 5.41) is 4.90. The molecular weight excluding hydrogens is 404 g/mol. The highest BCUT2D eigenvalue weighted by Crippen LogP contribution is 2.22. The van der Waals surface area contributed by atoms with Crippen LogP contribution in [0.5, 0.6) is 0 Å². The maximum atomic E-state index is 14.4. The van der Waals surface area contributed by atoms with Crippen molar-refractivity contribution >= 4 is 17.7 Å². The zero-order valence-electron chi connectivity index (χ0n) is 16.5. The zero-order valence-corrected chi connectivity index (χ0v) is 16.5. The summed E-state index contributed by atoms with van der Waals surface area (Å²) < 4.78 is 33.3. The molecule has 0 aliphatic rings. The Morgan fingerprint density at radius 3 is 2.39 bits per heavy atom. The molecule has 3 rings (SSSR count). The molecule has 1 atom stereocenters. The number of ether oxygens (including phenoxy) is 1. The summed E-state index contributed by atoms with van der Waals surface area (Å²) in [5.74, 6) is -3.14. The molecule has 2 amide bonds. The minimum absolute atomic E-state index is 0.0504. The first-order chi connectivity index (χ1) is 15.0. The van der Waals surface area contributed by atoms with E-state index in [2.05, 4.69) is 10.6 Å². The molecule has 0 aromatic heterocycles. The number of carbonyl (C=O) groups excluding carboxylic acids is 2. The molecule has 3 aromatic rings. The number of nitrogens with one attached hydrogen (secondary N) is 2. The SMILES string of the molecule is NCc1cccc(NC(=O)[C@@H](NC(=O)OCc2ccccc2)c2cccc(F)c2F)c1. The third-order valence-corrected chi connectivity index (χ3v) is 4.46. The van der Waals surface area contributed by atoms with Gasteiger partial charge in [-0.2, -0.15) is 0 Å². The molecule has 8 heteroatoms. The van der Waals surface area contributed by atoms with Gasteiger partial charge in [-0.3, -0.25) is 4.79 Å². The number of carbonyl (C=O) groups is 2. The molecule has 0 spiro atoms. The second-order valence-electron chi connectivity index (χ2n) is 6.68.